The SMILES string of the molecule is CCOc1cc2nc(Cl)nc(N3CCC(n4c(=O)[nH]c5c(C)cccc5c4=O)CC3)c2cc1OCC. The number of hydrogen-bond acceptors (Lipinski definition) is 7. The Morgan fingerprint density at radius 3 is 2.42 bits per heavy atom. The number of halogens is 1. The summed E-state index contributed by atoms with van der Waals surface area (Å²) in [5.74, 6) is 1.93. The highest BCUT2D eigenvalue weighted by Crippen LogP contribution is 2.37. The quantitative estimate of drug-likeness (QED) is 0.388. The van der Waals surface area contributed by atoms with Crippen molar-refractivity contribution >= 4 is 39.2 Å². The number of piperidine rings is 1. The van der Waals surface area contributed by atoms with Crippen LogP contribution in [0.5, 0.6) is 11.5 Å². The van der Waals surface area contributed by atoms with Gasteiger partial charge in [-0.15, -0.1) is 0 Å². The fourth-order valence-corrected chi connectivity index (χ4v) is 5.11. The molecule has 3 heterocycles. The van der Waals surface area contributed by atoms with E-state index in [1.165, 1.54) is 4.57 Å². The van der Waals surface area contributed by atoms with E-state index in [-0.39, 0.29) is 22.6 Å². The topological polar surface area (TPSA) is 102 Å². The molecule has 0 spiro atoms. The fraction of sp³-hybridized carbons (Fsp3) is 0.385. The average molecular weight is 510 g/mol. The molecule has 0 radical (unpaired) electrons. The minimum Gasteiger partial charge on any atom is -0.490 e. The Kier molecular flexibility index (Phi) is 6.57. The molecule has 1 aliphatic rings. The lowest BCUT2D eigenvalue weighted by Gasteiger charge is -2.33. The first kappa shape index (κ1) is 24.1. The first-order valence-corrected chi connectivity index (χ1v) is 12.5. The summed E-state index contributed by atoms with van der Waals surface area (Å²) in [6, 6.07) is 8.97. The maximum absolute atomic E-state index is 13.2. The zero-order valence-electron chi connectivity index (χ0n) is 20.5. The monoisotopic (exact) mass is 509 g/mol. The summed E-state index contributed by atoms with van der Waals surface area (Å²) < 4.78 is 12.9. The molecule has 5 rings (SSSR count). The third kappa shape index (κ3) is 4.28. The van der Waals surface area contributed by atoms with Crippen LogP contribution in [0.2, 0.25) is 5.28 Å². The van der Waals surface area contributed by atoms with E-state index in [1.807, 2.05) is 45.0 Å². The maximum Gasteiger partial charge on any atom is 0.329 e. The van der Waals surface area contributed by atoms with E-state index in [1.54, 1.807) is 6.07 Å². The number of fused-ring (bicyclic) bond motifs is 2. The van der Waals surface area contributed by atoms with Crippen LogP contribution in [-0.2, 0) is 0 Å². The predicted molar refractivity (Wildman–Crippen MR) is 141 cm³/mol. The van der Waals surface area contributed by atoms with Crippen LogP contribution in [0, 0.1) is 6.92 Å². The number of nitrogens with zero attached hydrogens (tertiary/aromatic N) is 4. The number of H-pyrrole nitrogens is 1. The molecule has 1 saturated heterocycles. The van der Waals surface area contributed by atoms with E-state index >= 15 is 0 Å². The summed E-state index contributed by atoms with van der Waals surface area (Å²) in [6.45, 7) is 7.90. The van der Waals surface area contributed by atoms with Crippen LogP contribution in [0.3, 0.4) is 0 Å². The molecule has 1 N–H and O–H groups in total. The number of aromatic amines is 1. The molecule has 0 unspecified atom stereocenters. The van der Waals surface area contributed by atoms with Gasteiger partial charge in [0.25, 0.3) is 5.56 Å². The van der Waals surface area contributed by atoms with Crippen LogP contribution in [0.15, 0.2) is 39.9 Å². The van der Waals surface area contributed by atoms with Gasteiger partial charge >= 0.3 is 5.69 Å². The summed E-state index contributed by atoms with van der Waals surface area (Å²) in [4.78, 5) is 40.1. The van der Waals surface area contributed by atoms with Gasteiger partial charge in [0, 0.05) is 30.6 Å². The van der Waals surface area contributed by atoms with Gasteiger partial charge in [0.1, 0.15) is 5.82 Å². The molecule has 0 saturated carbocycles. The highest BCUT2D eigenvalue weighted by molar-refractivity contribution is 6.28. The van der Waals surface area contributed by atoms with Gasteiger partial charge in [0.15, 0.2) is 11.5 Å². The maximum atomic E-state index is 13.2. The zero-order chi connectivity index (χ0) is 25.4. The predicted octanol–water partition coefficient (Wildman–Crippen LogP) is 4.23. The Morgan fingerprint density at radius 2 is 1.72 bits per heavy atom. The molecule has 188 valence electrons. The van der Waals surface area contributed by atoms with Crippen LogP contribution < -0.4 is 25.6 Å². The van der Waals surface area contributed by atoms with Crippen molar-refractivity contribution in [3.63, 3.8) is 0 Å². The number of para-hydroxylation sites is 1. The van der Waals surface area contributed by atoms with Crippen molar-refractivity contribution in [1.82, 2.24) is 19.5 Å². The van der Waals surface area contributed by atoms with Crippen molar-refractivity contribution in [2.75, 3.05) is 31.2 Å². The molecule has 36 heavy (non-hydrogen) atoms. The van der Waals surface area contributed by atoms with Gasteiger partial charge in [-0.3, -0.25) is 9.36 Å². The van der Waals surface area contributed by atoms with Gasteiger partial charge < -0.3 is 19.4 Å². The van der Waals surface area contributed by atoms with Gasteiger partial charge in [-0.2, -0.15) is 4.98 Å². The van der Waals surface area contributed by atoms with Crippen molar-refractivity contribution in [3.8, 4) is 11.5 Å². The molecular formula is C26H28ClN5O4. The molecule has 1 aliphatic heterocycles. The second-order valence-electron chi connectivity index (χ2n) is 8.82. The Bertz CT molecular complexity index is 1560. The lowest BCUT2D eigenvalue weighted by molar-refractivity contribution is 0.288. The number of hydrogen-bond donors (Lipinski definition) is 1. The number of ether oxygens (including phenoxy) is 2. The summed E-state index contributed by atoms with van der Waals surface area (Å²) in [5, 5.41) is 1.48. The third-order valence-corrected chi connectivity index (χ3v) is 6.78. The molecule has 10 heteroatoms. The van der Waals surface area contributed by atoms with Gasteiger partial charge in [-0.1, -0.05) is 12.1 Å². The normalized spacial score (nSPS) is 14.5. The molecular weight excluding hydrogens is 482 g/mol. The van der Waals surface area contributed by atoms with Crippen LogP contribution in [0.25, 0.3) is 21.8 Å². The van der Waals surface area contributed by atoms with Gasteiger partial charge in [-0.25, -0.2) is 9.78 Å². The summed E-state index contributed by atoms with van der Waals surface area (Å²) in [7, 11) is 0. The molecule has 4 aromatic rings. The number of aryl methyl sites for hydroxylation is 1. The summed E-state index contributed by atoms with van der Waals surface area (Å²) in [5.41, 5.74) is 1.50. The standard InChI is InChI=1S/C26H28ClN5O4/c1-4-35-20-13-18-19(14-21(20)36-5-2)28-25(27)30-23(18)31-11-9-16(10-12-31)32-24(33)17-8-6-7-15(3)22(17)29-26(32)34/h6-8,13-14,16H,4-5,9-12H2,1-3H3,(H,29,34). The highest BCUT2D eigenvalue weighted by Gasteiger charge is 2.26. The summed E-state index contributed by atoms with van der Waals surface area (Å²) in [6.07, 6.45) is 1.22. The van der Waals surface area contributed by atoms with Crippen molar-refractivity contribution in [2.45, 2.75) is 39.7 Å². The number of nitrogens with one attached hydrogen (secondary N) is 1. The molecule has 0 atom stereocenters. The lowest BCUT2D eigenvalue weighted by Crippen LogP contribution is -2.43. The molecule has 9 nitrogen and oxygen atoms in total. The second kappa shape index (κ2) is 9.81. The minimum atomic E-state index is -0.374. The van der Waals surface area contributed by atoms with Gasteiger partial charge in [-0.05, 0) is 62.9 Å². The second-order valence-corrected chi connectivity index (χ2v) is 9.16. The third-order valence-electron chi connectivity index (χ3n) is 6.62. The highest BCUT2D eigenvalue weighted by atomic mass is 35.5. The Balaban J connectivity index is 1.48. The van der Waals surface area contributed by atoms with Crippen LogP contribution in [-0.4, -0.2) is 45.8 Å². The van der Waals surface area contributed by atoms with Gasteiger partial charge in [0.2, 0.25) is 5.28 Å². The van der Waals surface area contributed by atoms with Gasteiger partial charge in [0.05, 0.1) is 29.6 Å². The van der Waals surface area contributed by atoms with E-state index < -0.39 is 0 Å². The smallest absolute Gasteiger partial charge is 0.329 e. The largest absolute Gasteiger partial charge is 0.490 e. The van der Waals surface area contributed by atoms with E-state index in [0.29, 0.717) is 72.9 Å². The number of rotatable bonds is 6. The molecule has 0 aliphatic carbocycles. The Hall–Kier alpha value is -3.59. The molecule has 2 aromatic carbocycles. The van der Waals surface area contributed by atoms with Crippen molar-refractivity contribution in [3.05, 3.63) is 62.0 Å². The molecule has 0 amide bonds. The van der Waals surface area contributed by atoms with Crippen molar-refractivity contribution in [1.29, 1.82) is 0 Å². The van der Waals surface area contributed by atoms with Crippen LogP contribution >= 0.6 is 11.6 Å². The van der Waals surface area contributed by atoms with E-state index in [0.717, 1.165) is 10.9 Å². The van der Waals surface area contributed by atoms with Crippen LogP contribution in [0.4, 0.5) is 5.82 Å². The summed E-state index contributed by atoms with van der Waals surface area (Å²) >= 11 is 6.30. The van der Waals surface area contributed by atoms with E-state index in [4.69, 9.17) is 21.1 Å². The fourth-order valence-electron chi connectivity index (χ4n) is 4.94. The zero-order valence-corrected chi connectivity index (χ0v) is 21.3. The minimum absolute atomic E-state index is 0.142. The molecule has 0 bridgehead atoms. The van der Waals surface area contributed by atoms with Crippen molar-refractivity contribution < 1.29 is 9.47 Å². The Morgan fingerprint density at radius 1 is 1.03 bits per heavy atom. The first-order chi connectivity index (χ1) is 17.4. The molecule has 1 fully saturated rings. The average Bonchev–Trinajstić information content (AvgIpc) is 2.86. The number of anilines is 1. The number of benzene rings is 2. The Labute approximate surface area is 212 Å². The first-order valence-electron chi connectivity index (χ1n) is 12.2. The number of aromatic nitrogens is 4. The molecule has 2 aromatic heterocycles. The van der Waals surface area contributed by atoms with E-state index in [2.05, 4.69) is 19.9 Å². The van der Waals surface area contributed by atoms with E-state index in [9.17, 15) is 9.59 Å². The lowest BCUT2D eigenvalue weighted by atomic mass is 10.0. The van der Waals surface area contributed by atoms with Crippen LogP contribution in [0.1, 0.15) is 38.3 Å². The van der Waals surface area contributed by atoms with Crippen molar-refractivity contribution in [2.24, 2.45) is 0 Å².